The van der Waals surface area contributed by atoms with Crippen molar-refractivity contribution in [3.05, 3.63) is 0 Å². The maximum atomic E-state index is 6.17. The van der Waals surface area contributed by atoms with Gasteiger partial charge in [0.15, 0.2) is 0 Å². The van der Waals surface area contributed by atoms with Gasteiger partial charge < -0.3 is 11.5 Å². The molecular weight excluding hydrogens is 256 g/mol. The minimum absolute atomic E-state index is 0.369. The van der Waals surface area contributed by atoms with Crippen molar-refractivity contribution in [2.24, 2.45) is 11.5 Å². The summed E-state index contributed by atoms with van der Waals surface area (Å²) >= 11 is 0. The van der Waals surface area contributed by atoms with Crippen molar-refractivity contribution in [2.45, 2.75) is 122 Å². The zero-order chi connectivity index (χ0) is 15.8. The van der Waals surface area contributed by atoms with Crippen LogP contribution in [0.3, 0.4) is 0 Å². The van der Waals surface area contributed by atoms with Crippen molar-refractivity contribution in [1.29, 1.82) is 0 Å². The predicted octanol–water partition coefficient (Wildman–Crippen LogP) is 5.53. The summed E-state index contributed by atoms with van der Waals surface area (Å²) in [6.07, 6.45) is 19.7. The molecule has 0 bridgehead atoms. The second-order valence-corrected chi connectivity index (χ2v) is 6.86. The zero-order valence-corrected chi connectivity index (χ0v) is 14.9. The Kier molecular flexibility index (Phi) is 16.2. The molecule has 0 heterocycles. The molecule has 2 heteroatoms. The molecule has 0 aliphatic rings. The topological polar surface area (TPSA) is 52.0 Å². The third kappa shape index (κ3) is 16.1. The summed E-state index contributed by atoms with van der Waals surface area (Å²) in [4.78, 5) is 0. The average molecular weight is 299 g/mol. The van der Waals surface area contributed by atoms with Gasteiger partial charge in [-0.25, -0.2) is 0 Å². The molecule has 2 nitrogen and oxygen atoms in total. The Morgan fingerprint density at radius 1 is 0.476 bits per heavy atom. The van der Waals surface area contributed by atoms with Gasteiger partial charge in [-0.3, -0.25) is 0 Å². The van der Waals surface area contributed by atoms with Gasteiger partial charge in [0.05, 0.1) is 0 Å². The Balaban J connectivity index is 3.19. The van der Waals surface area contributed by atoms with Crippen LogP contribution in [0.5, 0.6) is 0 Å². The normalized spacial score (nSPS) is 14.3. The lowest BCUT2D eigenvalue weighted by atomic mass is 9.99. The molecule has 0 aliphatic heterocycles. The first-order valence-corrected chi connectivity index (χ1v) is 9.71. The number of hydrogen-bond donors (Lipinski definition) is 2. The fourth-order valence-electron chi connectivity index (χ4n) is 2.98. The van der Waals surface area contributed by atoms with Crippen molar-refractivity contribution < 1.29 is 0 Å². The van der Waals surface area contributed by atoms with Gasteiger partial charge in [0.1, 0.15) is 0 Å². The highest BCUT2D eigenvalue weighted by atomic mass is 14.7. The van der Waals surface area contributed by atoms with Crippen molar-refractivity contribution in [3.63, 3.8) is 0 Å². The summed E-state index contributed by atoms with van der Waals surface area (Å²) in [5.74, 6) is 0. The van der Waals surface area contributed by atoms with Gasteiger partial charge in [-0.15, -0.1) is 0 Å². The van der Waals surface area contributed by atoms with E-state index in [4.69, 9.17) is 11.5 Å². The van der Waals surface area contributed by atoms with E-state index in [2.05, 4.69) is 13.8 Å². The molecule has 128 valence electrons. The van der Waals surface area contributed by atoms with E-state index in [0.29, 0.717) is 12.1 Å². The Labute approximate surface area is 134 Å². The van der Waals surface area contributed by atoms with E-state index in [1.165, 1.54) is 77.0 Å². The van der Waals surface area contributed by atoms with Crippen molar-refractivity contribution >= 4 is 0 Å². The standard InChI is InChI=1S/C19H42N2/c1-3-5-6-7-8-9-10-11-12-13-15-19(21)17-16-18(20)14-4-2/h18-19H,3-17,20-21H2,1-2H3. The fourth-order valence-corrected chi connectivity index (χ4v) is 2.98. The first kappa shape index (κ1) is 20.9. The second-order valence-electron chi connectivity index (χ2n) is 6.86. The van der Waals surface area contributed by atoms with Gasteiger partial charge in [-0.2, -0.15) is 0 Å². The highest BCUT2D eigenvalue weighted by Gasteiger charge is 2.06. The minimum Gasteiger partial charge on any atom is -0.328 e. The van der Waals surface area contributed by atoms with E-state index in [1.54, 1.807) is 0 Å². The lowest BCUT2D eigenvalue weighted by Crippen LogP contribution is -2.26. The zero-order valence-electron chi connectivity index (χ0n) is 14.9. The molecule has 2 atom stereocenters. The van der Waals surface area contributed by atoms with Gasteiger partial charge in [0.25, 0.3) is 0 Å². The van der Waals surface area contributed by atoms with Crippen LogP contribution in [0.25, 0.3) is 0 Å². The van der Waals surface area contributed by atoms with Crippen molar-refractivity contribution in [1.82, 2.24) is 0 Å². The summed E-state index contributed by atoms with van der Waals surface area (Å²) in [6, 6.07) is 0.746. The number of rotatable bonds is 16. The lowest BCUT2D eigenvalue weighted by molar-refractivity contribution is 0.459. The molecule has 0 rings (SSSR count). The van der Waals surface area contributed by atoms with E-state index in [0.717, 1.165) is 19.3 Å². The van der Waals surface area contributed by atoms with Gasteiger partial charge in [0, 0.05) is 12.1 Å². The van der Waals surface area contributed by atoms with Crippen LogP contribution < -0.4 is 11.5 Å². The summed E-state index contributed by atoms with van der Waals surface area (Å²) < 4.78 is 0. The van der Waals surface area contributed by atoms with Crippen molar-refractivity contribution in [2.75, 3.05) is 0 Å². The first-order valence-electron chi connectivity index (χ1n) is 9.71. The monoisotopic (exact) mass is 298 g/mol. The fraction of sp³-hybridized carbons (Fsp3) is 1.00. The van der Waals surface area contributed by atoms with Gasteiger partial charge >= 0.3 is 0 Å². The van der Waals surface area contributed by atoms with E-state index < -0.39 is 0 Å². The molecule has 0 aromatic heterocycles. The molecule has 0 radical (unpaired) electrons. The third-order valence-electron chi connectivity index (χ3n) is 4.50. The molecular formula is C19H42N2. The maximum absolute atomic E-state index is 6.17. The molecule has 0 aliphatic carbocycles. The van der Waals surface area contributed by atoms with Gasteiger partial charge in [-0.1, -0.05) is 84.5 Å². The molecule has 0 amide bonds. The predicted molar refractivity (Wildman–Crippen MR) is 96.6 cm³/mol. The molecule has 4 N–H and O–H groups in total. The molecule has 0 aromatic rings. The van der Waals surface area contributed by atoms with Gasteiger partial charge in [-0.05, 0) is 25.7 Å². The van der Waals surface area contributed by atoms with Crippen LogP contribution in [0, 0.1) is 0 Å². The SMILES string of the molecule is CCCCCCCCCCCCC(N)CCC(N)CCC. The van der Waals surface area contributed by atoms with Crippen LogP contribution in [-0.4, -0.2) is 12.1 Å². The summed E-state index contributed by atoms with van der Waals surface area (Å²) in [6.45, 7) is 4.48. The maximum Gasteiger partial charge on any atom is 0.00394 e. The highest BCUT2D eigenvalue weighted by molar-refractivity contribution is 4.67. The number of hydrogen-bond acceptors (Lipinski definition) is 2. The van der Waals surface area contributed by atoms with Crippen molar-refractivity contribution in [3.8, 4) is 0 Å². The molecule has 0 fully saturated rings. The number of nitrogens with two attached hydrogens (primary N) is 2. The van der Waals surface area contributed by atoms with Crippen LogP contribution in [0.4, 0.5) is 0 Å². The van der Waals surface area contributed by atoms with E-state index >= 15 is 0 Å². The number of unbranched alkanes of at least 4 members (excludes halogenated alkanes) is 9. The van der Waals surface area contributed by atoms with Crippen LogP contribution in [0.15, 0.2) is 0 Å². The Hall–Kier alpha value is -0.0800. The quantitative estimate of drug-likeness (QED) is 0.368. The molecule has 0 saturated heterocycles. The van der Waals surface area contributed by atoms with Gasteiger partial charge in [0.2, 0.25) is 0 Å². The largest absolute Gasteiger partial charge is 0.328 e. The second kappa shape index (κ2) is 16.3. The molecule has 0 aromatic carbocycles. The van der Waals surface area contributed by atoms with Crippen LogP contribution in [-0.2, 0) is 0 Å². The molecule has 2 unspecified atom stereocenters. The Morgan fingerprint density at radius 2 is 0.905 bits per heavy atom. The highest BCUT2D eigenvalue weighted by Crippen LogP contribution is 2.13. The van der Waals surface area contributed by atoms with Crippen LogP contribution in [0.2, 0.25) is 0 Å². The third-order valence-corrected chi connectivity index (χ3v) is 4.50. The molecule has 0 spiro atoms. The van der Waals surface area contributed by atoms with Crippen LogP contribution >= 0.6 is 0 Å². The molecule has 0 saturated carbocycles. The first-order chi connectivity index (χ1) is 10.2. The smallest absolute Gasteiger partial charge is 0.00394 e. The summed E-state index contributed by atoms with van der Waals surface area (Å²) in [5, 5.41) is 0. The Morgan fingerprint density at radius 3 is 1.38 bits per heavy atom. The Bertz CT molecular complexity index is 194. The summed E-state index contributed by atoms with van der Waals surface area (Å²) in [7, 11) is 0. The lowest BCUT2D eigenvalue weighted by Gasteiger charge is -2.15. The molecule has 21 heavy (non-hydrogen) atoms. The summed E-state index contributed by atoms with van der Waals surface area (Å²) in [5.41, 5.74) is 12.2. The minimum atomic E-state index is 0.369. The van der Waals surface area contributed by atoms with Crippen LogP contribution in [0.1, 0.15) is 110 Å². The van der Waals surface area contributed by atoms with E-state index in [1.807, 2.05) is 0 Å². The average Bonchev–Trinajstić information content (AvgIpc) is 2.47. The van der Waals surface area contributed by atoms with E-state index in [9.17, 15) is 0 Å². The van der Waals surface area contributed by atoms with E-state index in [-0.39, 0.29) is 0 Å².